The van der Waals surface area contributed by atoms with Gasteiger partial charge >= 0.3 is 5.97 Å². The molecule has 1 unspecified atom stereocenters. The van der Waals surface area contributed by atoms with E-state index in [4.69, 9.17) is 9.47 Å². The molecular formula is C21H21N3O4S. The average molecular weight is 411 g/mol. The van der Waals surface area contributed by atoms with Crippen molar-refractivity contribution in [2.75, 3.05) is 5.32 Å². The maximum absolute atomic E-state index is 12.6. The van der Waals surface area contributed by atoms with Crippen molar-refractivity contribution < 1.29 is 19.1 Å². The maximum atomic E-state index is 12.6. The summed E-state index contributed by atoms with van der Waals surface area (Å²) in [6.07, 6.45) is -0.941. The highest BCUT2D eigenvalue weighted by atomic mass is 32.1. The molecule has 2 aromatic heterocycles. The predicted octanol–water partition coefficient (Wildman–Crippen LogP) is 3.84. The van der Waals surface area contributed by atoms with Crippen LogP contribution >= 0.6 is 11.3 Å². The normalized spacial score (nSPS) is 13.1. The van der Waals surface area contributed by atoms with Gasteiger partial charge in [-0.15, -0.1) is 11.3 Å². The Hall–Kier alpha value is -3.13. The van der Waals surface area contributed by atoms with E-state index in [2.05, 4.69) is 10.4 Å². The van der Waals surface area contributed by atoms with E-state index in [0.717, 1.165) is 27.4 Å². The standard InChI is InChI=1S/C21H21N3O4S/c1-11-18(12(2)24(4)23-11)22-20(25)13(3)28-21(26)17-9-14-10-27-16-8-6-5-7-15(16)19(14)29-17/h5-9,13H,10H2,1-4H3,(H,22,25). The lowest BCUT2D eigenvalue weighted by Crippen LogP contribution is -2.30. The minimum Gasteiger partial charge on any atom is -0.488 e. The van der Waals surface area contributed by atoms with Crippen molar-refractivity contribution in [3.63, 3.8) is 0 Å². The molecule has 0 saturated heterocycles. The molecule has 3 aromatic rings. The number of esters is 1. The quantitative estimate of drug-likeness (QED) is 0.660. The Kier molecular flexibility index (Phi) is 4.87. The molecule has 0 aliphatic carbocycles. The first kappa shape index (κ1) is 19.2. The third-order valence-corrected chi connectivity index (χ3v) is 6.13. The van der Waals surface area contributed by atoms with E-state index in [0.29, 0.717) is 22.9 Å². The van der Waals surface area contributed by atoms with Crippen LogP contribution in [0.25, 0.3) is 10.4 Å². The van der Waals surface area contributed by atoms with Gasteiger partial charge < -0.3 is 14.8 Å². The highest BCUT2D eigenvalue weighted by Crippen LogP contribution is 2.42. The molecule has 1 atom stereocenters. The smallest absolute Gasteiger partial charge is 0.349 e. The molecule has 1 N–H and O–H groups in total. The van der Waals surface area contributed by atoms with Gasteiger partial charge in [0.15, 0.2) is 6.10 Å². The Morgan fingerprint density at radius 1 is 1.31 bits per heavy atom. The van der Waals surface area contributed by atoms with Crippen molar-refractivity contribution in [3.8, 4) is 16.2 Å². The van der Waals surface area contributed by atoms with Gasteiger partial charge in [0.2, 0.25) is 0 Å². The number of ether oxygens (including phenoxy) is 2. The molecule has 7 nitrogen and oxygen atoms in total. The second kappa shape index (κ2) is 7.36. The lowest BCUT2D eigenvalue weighted by atomic mass is 10.1. The molecule has 1 aliphatic heterocycles. The summed E-state index contributed by atoms with van der Waals surface area (Å²) in [6.45, 7) is 5.64. The second-order valence-corrected chi connectivity index (χ2v) is 8.01. The molecule has 29 heavy (non-hydrogen) atoms. The Morgan fingerprint density at radius 3 is 2.79 bits per heavy atom. The molecule has 0 fully saturated rings. The topological polar surface area (TPSA) is 82.5 Å². The van der Waals surface area contributed by atoms with Crippen LogP contribution in [-0.4, -0.2) is 27.8 Å². The van der Waals surface area contributed by atoms with Crippen LogP contribution in [0.3, 0.4) is 0 Å². The van der Waals surface area contributed by atoms with Crippen LogP contribution in [-0.2, 0) is 23.2 Å². The summed E-state index contributed by atoms with van der Waals surface area (Å²) in [4.78, 5) is 26.6. The van der Waals surface area contributed by atoms with E-state index in [1.807, 2.05) is 45.2 Å². The molecule has 1 aliphatic rings. The van der Waals surface area contributed by atoms with Gasteiger partial charge in [-0.1, -0.05) is 12.1 Å². The van der Waals surface area contributed by atoms with Gasteiger partial charge in [-0.05, 0) is 39.0 Å². The molecule has 8 heteroatoms. The van der Waals surface area contributed by atoms with E-state index in [1.54, 1.807) is 17.7 Å². The number of anilines is 1. The number of hydrogen-bond acceptors (Lipinski definition) is 6. The zero-order chi connectivity index (χ0) is 20.7. The zero-order valence-corrected chi connectivity index (χ0v) is 17.4. The van der Waals surface area contributed by atoms with E-state index < -0.39 is 18.0 Å². The lowest BCUT2D eigenvalue weighted by Gasteiger charge is -2.16. The lowest BCUT2D eigenvalue weighted by molar-refractivity contribution is -0.123. The molecule has 0 saturated carbocycles. The highest BCUT2D eigenvalue weighted by molar-refractivity contribution is 7.17. The number of benzene rings is 1. The minimum atomic E-state index is -0.941. The number of hydrogen-bond donors (Lipinski definition) is 1. The summed E-state index contributed by atoms with van der Waals surface area (Å²) in [5.41, 5.74) is 4.09. The molecule has 0 radical (unpaired) electrons. The van der Waals surface area contributed by atoms with E-state index in [-0.39, 0.29) is 0 Å². The van der Waals surface area contributed by atoms with Gasteiger partial charge in [0, 0.05) is 23.1 Å². The van der Waals surface area contributed by atoms with Crippen LogP contribution in [0.1, 0.15) is 33.5 Å². The van der Waals surface area contributed by atoms with Gasteiger partial charge in [0.25, 0.3) is 5.91 Å². The summed E-state index contributed by atoms with van der Waals surface area (Å²) in [7, 11) is 1.81. The summed E-state index contributed by atoms with van der Waals surface area (Å²) < 4.78 is 12.8. The Labute approximate surface area is 172 Å². The number of para-hydroxylation sites is 1. The van der Waals surface area contributed by atoms with Crippen molar-refractivity contribution in [3.05, 3.63) is 52.2 Å². The highest BCUT2D eigenvalue weighted by Gasteiger charge is 2.26. The van der Waals surface area contributed by atoms with Crippen molar-refractivity contribution >= 4 is 28.9 Å². The van der Waals surface area contributed by atoms with Gasteiger partial charge in [-0.25, -0.2) is 4.79 Å². The number of aromatic nitrogens is 2. The molecular weight excluding hydrogens is 390 g/mol. The summed E-state index contributed by atoms with van der Waals surface area (Å²) in [5.74, 6) is -0.117. The Bertz CT molecular complexity index is 1120. The Morgan fingerprint density at radius 2 is 2.07 bits per heavy atom. The average Bonchev–Trinajstić information content (AvgIpc) is 3.25. The number of nitrogens with one attached hydrogen (secondary N) is 1. The van der Waals surface area contributed by atoms with Gasteiger partial charge in [-0.3, -0.25) is 9.48 Å². The monoisotopic (exact) mass is 411 g/mol. The molecule has 1 amide bonds. The van der Waals surface area contributed by atoms with Crippen LogP contribution in [0.5, 0.6) is 5.75 Å². The van der Waals surface area contributed by atoms with Crippen molar-refractivity contribution in [1.82, 2.24) is 9.78 Å². The van der Waals surface area contributed by atoms with Crippen LogP contribution in [0.4, 0.5) is 5.69 Å². The summed E-state index contributed by atoms with van der Waals surface area (Å²) in [5, 5.41) is 7.07. The van der Waals surface area contributed by atoms with Crippen LogP contribution < -0.4 is 10.1 Å². The number of carbonyl (C=O) groups is 2. The number of carbonyl (C=O) groups excluding carboxylic acids is 2. The summed E-state index contributed by atoms with van der Waals surface area (Å²) >= 11 is 1.35. The Balaban J connectivity index is 1.47. The van der Waals surface area contributed by atoms with Crippen molar-refractivity contribution in [2.45, 2.75) is 33.5 Å². The fourth-order valence-corrected chi connectivity index (χ4v) is 4.33. The van der Waals surface area contributed by atoms with Gasteiger partial charge in [0.1, 0.15) is 17.2 Å². The first-order chi connectivity index (χ1) is 13.8. The SMILES string of the molecule is Cc1nn(C)c(C)c1NC(=O)C(C)OC(=O)c1cc2c(s1)-c1ccccc1OC2. The van der Waals surface area contributed by atoms with Crippen LogP contribution in [0.15, 0.2) is 30.3 Å². The number of rotatable bonds is 4. The predicted molar refractivity (Wildman–Crippen MR) is 110 cm³/mol. The fourth-order valence-electron chi connectivity index (χ4n) is 3.25. The zero-order valence-electron chi connectivity index (χ0n) is 16.6. The largest absolute Gasteiger partial charge is 0.488 e. The van der Waals surface area contributed by atoms with Crippen molar-refractivity contribution in [1.29, 1.82) is 0 Å². The molecule has 150 valence electrons. The number of amides is 1. The first-order valence-electron chi connectivity index (χ1n) is 9.22. The van der Waals surface area contributed by atoms with Gasteiger partial charge in [-0.2, -0.15) is 5.10 Å². The molecule has 4 rings (SSSR count). The van der Waals surface area contributed by atoms with E-state index in [9.17, 15) is 9.59 Å². The minimum absolute atomic E-state index is 0.396. The summed E-state index contributed by atoms with van der Waals surface area (Å²) in [6, 6.07) is 9.50. The number of aryl methyl sites for hydroxylation is 2. The van der Waals surface area contributed by atoms with Crippen molar-refractivity contribution in [2.24, 2.45) is 7.05 Å². The molecule has 1 aromatic carbocycles. The first-order valence-corrected chi connectivity index (χ1v) is 10.0. The third kappa shape index (κ3) is 3.51. The van der Waals surface area contributed by atoms with E-state index >= 15 is 0 Å². The number of thiophene rings is 1. The van der Waals surface area contributed by atoms with Crippen LogP contribution in [0, 0.1) is 13.8 Å². The van der Waals surface area contributed by atoms with Gasteiger partial charge in [0.05, 0.1) is 17.1 Å². The molecule has 0 spiro atoms. The van der Waals surface area contributed by atoms with E-state index in [1.165, 1.54) is 11.3 Å². The molecule has 3 heterocycles. The third-order valence-electron chi connectivity index (χ3n) is 4.94. The number of fused-ring (bicyclic) bond motifs is 3. The maximum Gasteiger partial charge on any atom is 0.349 e. The molecule has 0 bridgehead atoms. The fraction of sp³-hybridized carbons (Fsp3) is 0.286. The second-order valence-electron chi connectivity index (χ2n) is 6.96. The number of nitrogens with zero attached hydrogens (tertiary/aromatic N) is 2. The van der Waals surface area contributed by atoms with Crippen LogP contribution in [0.2, 0.25) is 0 Å².